The van der Waals surface area contributed by atoms with Gasteiger partial charge in [-0.15, -0.1) is 0 Å². The number of carbonyl (C=O) groups excluding carboxylic acids is 2. The third kappa shape index (κ3) is 7.23. The molecule has 4 aromatic rings. The van der Waals surface area contributed by atoms with Gasteiger partial charge < -0.3 is 19.5 Å². The van der Waals surface area contributed by atoms with Gasteiger partial charge in [0.1, 0.15) is 29.6 Å². The zero-order valence-electron chi connectivity index (χ0n) is 24.2. The van der Waals surface area contributed by atoms with Crippen LogP contribution in [0.25, 0.3) is 10.9 Å². The number of benzene rings is 2. The third-order valence-corrected chi connectivity index (χ3v) is 6.93. The Bertz CT molecular complexity index is 1580. The summed E-state index contributed by atoms with van der Waals surface area (Å²) in [6, 6.07) is 12.3. The van der Waals surface area contributed by atoms with E-state index in [4.69, 9.17) is 25.8 Å². The minimum absolute atomic E-state index is 0.0365. The van der Waals surface area contributed by atoms with Crippen LogP contribution < -0.4 is 14.8 Å². The number of rotatable bonds is 11. The van der Waals surface area contributed by atoms with Gasteiger partial charge >= 0.3 is 0 Å². The molecule has 0 spiro atoms. The van der Waals surface area contributed by atoms with Crippen molar-refractivity contribution < 1.29 is 23.8 Å². The lowest BCUT2D eigenvalue weighted by Gasteiger charge is -2.14. The van der Waals surface area contributed by atoms with Crippen LogP contribution in [0, 0.1) is 0 Å². The zero-order valence-corrected chi connectivity index (χ0v) is 25.0. The molecule has 0 bridgehead atoms. The molecule has 0 saturated heterocycles. The summed E-state index contributed by atoms with van der Waals surface area (Å²) < 4.78 is 18.8. The number of hydrogen-bond acceptors (Lipinski definition) is 7. The molecule has 0 atom stereocenters. The van der Waals surface area contributed by atoms with E-state index in [0.29, 0.717) is 50.9 Å². The first-order valence-electron chi connectivity index (χ1n) is 13.3. The van der Waals surface area contributed by atoms with Crippen LogP contribution in [0.15, 0.2) is 48.7 Å². The molecule has 1 N–H and O–H groups in total. The number of halogens is 1. The number of aromatic nitrogens is 3. The Hall–Kier alpha value is -3.95. The molecule has 0 fully saturated rings. The molecule has 2 aromatic heterocycles. The summed E-state index contributed by atoms with van der Waals surface area (Å²) in [6.07, 6.45) is 2.07. The van der Waals surface area contributed by atoms with E-state index in [9.17, 15) is 9.59 Å². The summed E-state index contributed by atoms with van der Waals surface area (Å²) in [4.78, 5) is 29.9. The number of nitrogens with zero attached hydrogens (tertiary/aromatic N) is 3. The van der Waals surface area contributed by atoms with Crippen LogP contribution in [0.1, 0.15) is 48.1 Å². The maximum Gasteiger partial charge on any atom is 0.254 e. The van der Waals surface area contributed by atoms with E-state index < -0.39 is 0 Å². The highest BCUT2D eigenvalue weighted by atomic mass is 35.5. The number of hydrogen-bond donors (Lipinski definition) is 1. The molecule has 2 aromatic carbocycles. The molecule has 0 aliphatic heterocycles. The van der Waals surface area contributed by atoms with Crippen LogP contribution in [0.4, 0.5) is 0 Å². The number of pyridine rings is 1. The molecule has 2 heterocycles. The van der Waals surface area contributed by atoms with Gasteiger partial charge in [-0.3, -0.25) is 19.3 Å². The normalized spacial score (nSPS) is 11.5. The lowest BCUT2D eigenvalue weighted by atomic mass is 9.92. The lowest BCUT2D eigenvalue weighted by molar-refractivity contribution is -0.117. The van der Waals surface area contributed by atoms with Crippen molar-refractivity contribution in [2.45, 2.75) is 39.0 Å². The summed E-state index contributed by atoms with van der Waals surface area (Å²) in [6.45, 7) is 6.95. The summed E-state index contributed by atoms with van der Waals surface area (Å²) in [7, 11) is 4.99. The van der Waals surface area contributed by atoms with E-state index in [-0.39, 0.29) is 36.6 Å². The zero-order chi connectivity index (χ0) is 29.7. The fourth-order valence-corrected chi connectivity index (χ4v) is 4.52. The Morgan fingerprint density at radius 3 is 2.46 bits per heavy atom. The van der Waals surface area contributed by atoms with Crippen LogP contribution in [0.2, 0.25) is 5.02 Å². The summed E-state index contributed by atoms with van der Waals surface area (Å²) in [5.41, 5.74) is 3.38. The highest BCUT2D eigenvalue weighted by molar-refractivity contribution is 6.31. The van der Waals surface area contributed by atoms with Gasteiger partial charge in [0.15, 0.2) is 0 Å². The fraction of sp³-hybridized carbons (Fsp3) is 0.355. The smallest absolute Gasteiger partial charge is 0.254 e. The van der Waals surface area contributed by atoms with E-state index in [2.05, 4.69) is 36.2 Å². The molecular formula is C31H35ClN4O5. The summed E-state index contributed by atoms with van der Waals surface area (Å²) in [5.74, 6) is 1.12. The lowest BCUT2D eigenvalue weighted by Crippen LogP contribution is -2.19. The highest BCUT2D eigenvalue weighted by Crippen LogP contribution is 2.35. The van der Waals surface area contributed by atoms with E-state index in [1.807, 2.05) is 13.1 Å². The fourth-order valence-electron chi connectivity index (χ4n) is 4.28. The van der Waals surface area contributed by atoms with Crippen LogP contribution in [-0.4, -0.2) is 53.8 Å². The number of Topliss-reactive ketones (excluding diaryl/α,β-unsaturated/α-hetero) is 1. The van der Waals surface area contributed by atoms with Crippen molar-refractivity contribution in [2.24, 2.45) is 7.05 Å². The second kappa shape index (κ2) is 12.7. The average molecular weight is 579 g/mol. The molecule has 9 nitrogen and oxygen atoms in total. The van der Waals surface area contributed by atoms with Crippen LogP contribution in [-0.2, 0) is 34.8 Å². The van der Waals surface area contributed by atoms with Crippen molar-refractivity contribution in [1.29, 1.82) is 0 Å². The quantitative estimate of drug-likeness (QED) is 0.236. The molecule has 10 heteroatoms. The number of amides is 1. The predicted molar refractivity (Wildman–Crippen MR) is 158 cm³/mol. The molecule has 0 aliphatic carbocycles. The minimum atomic E-state index is -0.299. The molecule has 0 saturated carbocycles. The first-order chi connectivity index (χ1) is 19.5. The van der Waals surface area contributed by atoms with E-state index in [0.717, 1.165) is 11.4 Å². The van der Waals surface area contributed by atoms with Crippen molar-refractivity contribution in [3.63, 3.8) is 0 Å². The number of fused-ring (bicyclic) bond motifs is 1. The Balaban J connectivity index is 1.53. The first kappa shape index (κ1) is 30.0. The monoisotopic (exact) mass is 578 g/mol. The molecule has 0 unspecified atom stereocenters. The third-order valence-electron chi connectivity index (χ3n) is 6.58. The number of ether oxygens (including phenoxy) is 3. The number of methoxy groups -OCH3 is 1. The number of nitrogens with one attached hydrogen (secondary N) is 1. The SMILES string of the molecule is CNC(=O)c1cc2c(Oc3ccc(CC(=O)Cc4cc(C(C)(C)C)nn4C)c(Cl)c3)ccnc2cc1OCCOC. The topological polar surface area (TPSA) is 105 Å². The van der Waals surface area contributed by atoms with Gasteiger partial charge in [-0.2, -0.15) is 5.10 Å². The van der Waals surface area contributed by atoms with Crippen molar-refractivity contribution in [3.8, 4) is 17.2 Å². The Morgan fingerprint density at radius 2 is 1.80 bits per heavy atom. The van der Waals surface area contributed by atoms with Gasteiger partial charge in [-0.1, -0.05) is 38.4 Å². The molecular weight excluding hydrogens is 544 g/mol. The van der Waals surface area contributed by atoms with Crippen molar-refractivity contribution in [2.75, 3.05) is 27.4 Å². The largest absolute Gasteiger partial charge is 0.490 e. The van der Waals surface area contributed by atoms with E-state index in [1.165, 1.54) is 0 Å². The van der Waals surface area contributed by atoms with Crippen molar-refractivity contribution in [3.05, 3.63) is 76.2 Å². The van der Waals surface area contributed by atoms with Gasteiger partial charge in [0.2, 0.25) is 0 Å². The number of carbonyl (C=O) groups is 2. The molecule has 41 heavy (non-hydrogen) atoms. The second-order valence-corrected chi connectivity index (χ2v) is 11.1. The van der Waals surface area contributed by atoms with Gasteiger partial charge in [-0.05, 0) is 35.9 Å². The van der Waals surface area contributed by atoms with Crippen LogP contribution in [0.3, 0.4) is 0 Å². The van der Waals surface area contributed by atoms with Gasteiger partial charge in [0.05, 0.1) is 23.4 Å². The summed E-state index contributed by atoms with van der Waals surface area (Å²) >= 11 is 6.58. The Morgan fingerprint density at radius 1 is 1.02 bits per heavy atom. The van der Waals surface area contributed by atoms with Gasteiger partial charge in [0, 0.05) is 67.8 Å². The van der Waals surface area contributed by atoms with Crippen LogP contribution in [0.5, 0.6) is 17.2 Å². The van der Waals surface area contributed by atoms with Crippen molar-refractivity contribution >= 4 is 34.2 Å². The van der Waals surface area contributed by atoms with E-state index in [1.54, 1.807) is 61.4 Å². The van der Waals surface area contributed by atoms with Crippen LogP contribution >= 0.6 is 11.6 Å². The first-order valence-corrected chi connectivity index (χ1v) is 13.7. The second-order valence-electron chi connectivity index (χ2n) is 10.7. The standard InChI is InChI=1S/C31H35ClN4O5/c1-31(2,3)29-15-20(36(5)35-29)14-21(37)13-19-7-8-22(16-25(19)32)41-27-9-10-34-26-18-28(40-12-11-39-6)24(17-23(26)27)30(38)33-4/h7-10,15-18H,11-14H2,1-6H3,(H,33,38). The summed E-state index contributed by atoms with van der Waals surface area (Å²) in [5, 5.41) is 8.25. The van der Waals surface area contributed by atoms with Gasteiger partial charge in [0.25, 0.3) is 5.91 Å². The predicted octanol–water partition coefficient (Wildman–Crippen LogP) is 5.45. The van der Waals surface area contributed by atoms with Crippen molar-refractivity contribution in [1.82, 2.24) is 20.1 Å². The maximum absolute atomic E-state index is 12.9. The van der Waals surface area contributed by atoms with Gasteiger partial charge in [-0.25, -0.2) is 0 Å². The minimum Gasteiger partial charge on any atom is -0.490 e. The number of ketones is 1. The molecule has 4 rings (SSSR count). The number of aryl methyl sites for hydroxylation is 1. The Labute approximate surface area is 244 Å². The molecule has 1 amide bonds. The highest BCUT2D eigenvalue weighted by Gasteiger charge is 2.21. The maximum atomic E-state index is 12.9. The molecule has 0 aliphatic rings. The average Bonchev–Trinajstić information content (AvgIpc) is 3.30. The Kier molecular flexibility index (Phi) is 9.30. The van der Waals surface area contributed by atoms with E-state index >= 15 is 0 Å². The molecule has 216 valence electrons. The molecule has 0 radical (unpaired) electrons.